The van der Waals surface area contributed by atoms with E-state index in [9.17, 15) is 15.0 Å². The van der Waals surface area contributed by atoms with Gasteiger partial charge in [-0.3, -0.25) is 4.79 Å². The first kappa shape index (κ1) is 55.8. The molecule has 0 aliphatic carbocycles. The molecular formula is C54H97NO3. The van der Waals surface area contributed by atoms with Crippen LogP contribution in [0.15, 0.2) is 72.9 Å². The van der Waals surface area contributed by atoms with Crippen molar-refractivity contribution in [1.29, 1.82) is 0 Å². The van der Waals surface area contributed by atoms with E-state index in [1.54, 1.807) is 0 Å². The van der Waals surface area contributed by atoms with Crippen molar-refractivity contribution in [1.82, 2.24) is 5.32 Å². The Hall–Kier alpha value is -2.17. The van der Waals surface area contributed by atoms with Crippen LogP contribution in [0.1, 0.15) is 245 Å². The fourth-order valence-corrected chi connectivity index (χ4v) is 7.42. The Balaban J connectivity index is 3.52. The van der Waals surface area contributed by atoms with Gasteiger partial charge in [-0.25, -0.2) is 0 Å². The molecule has 0 aliphatic heterocycles. The zero-order valence-corrected chi connectivity index (χ0v) is 38.5. The molecule has 0 rings (SSSR count). The average Bonchev–Trinajstić information content (AvgIpc) is 3.23. The molecule has 4 heteroatoms. The Morgan fingerprint density at radius 3 is 1.14 bits per heavy atom. The first-order valence-electron chi connectivity index (χ1n) is 25.1. The summed E-state index contributed by atoms with van der Waals surface area (Å²) < 4.78 is 0. The highest BCUT2D eigenvalue weighted by atomic mass is 16.3. The van der Waals surface area contributed by atoms with Gasteiger partial charge in [0.15, 0.2) is 0 Å². The van der Waals surface area contributed by atoms with E-state index in [0.717, 1.165) is 64.2 Å². The van der Waals surface area contributed by atoms with Gasteiger partial charge in [-0.15, -0.1) is 0 Å². The molecule has 2 unspecified atom stereocenters. The smallest absolute Gasteiger partial charge is 0.220 e. The number of unbranched alkanes of at least 4 members (excludes halogenated alkanes) is 26. The van der Waals surface area contributed by atoms with Crippen LogP contribution >= 0.6 is 0 Å². The van der Waals surface area contributed by atoms with Crippen molar-refractivity contribution in [3.63, 3.8) is 0 Å². The molecule has 0 aromatic heterocycles. The van der Waals surface area contributed by atoms with Crippen LogP contribution in [-0.2, 0) is 4.79 Å². The van der Waals surface area contributed by atoms with Gasteiger partial charge in [0.05, 0.1) is 18.8 Å². The molecule has 0 saturated heterocycles. The van der Waals surface area contributed by atoms with E-state index in [2.05, 4.69) is 92.1 Å². The lowest BCUT2D eigenvalue weighted by molar-refractivity contribution is -0.123. The van der Waals surface area contributed by atoms with Gasteiger partial charge in [0, 0.05) is 6.42 Å². The zero-order chi connectivity index (χ0) is 42.1. The third-order valence-electron chi connectivity index (χ3n) is 11.2. The normalized spacial score (nSPS) is 13.5. The summed E-state index contributed by atoms with van der Waals surface area (Å²) in [6.45, 7) is 4.25. The second kappa shape index (κ2) is 49.2. The van der Waals surface area contributed by atoms with Crippen LogP contribution in [0.2, 0.25) is 0 Å². The summed E-state index contributed by atoms with van der Waals surface area (Å²) in [5.74, 6) is -0.0352. The van der Waals surface area contributed by atoms with Gasteiger partial charge >= 0.3 is 0 Å². The lowest BCUT2D eigenvalue weighted by Gasteiger charge is -2.22. The maximum atomic E-state index is 12.4. The molecule has 4 nitrogen and oxygen atoms in total. The highest BCUT2D eigenvalue weighted by Crippen LogP contribution is 2.16. The number of aliphatic hydroxyl groups is 2. The van der Waals surface area contributed by atoms with Crippen molar-refractivity contribution in [2.24, 2.45) is 0 Å². The molecular weight excluding hydrogens is 711 g/mol. The predicted molar refractivity (Wildman–Crippen MR) is 257 cm³/mol. The largest absolute Gasteiger partial charge is 0.394 e. The van der Waals surface area contributed by atoms with E-state index < -0.39 is 12.1 Å². The third kappa shape index (κ3) is 44.9. The van der Waals surface area contributed by atoms with Gasteiger partial charge < -0.3 is 15.5 Å². The summed E-state index contributed by atoms with van der Waals surface area (Å²) in [5, 5.41) is 23.2. The first-order valence-corrected chi connectivity index (χ1v) is 25.1. The molecule has 336 valence electrons. The number of amides is 1. The van der Waals surface area contributed by atoms with Crippen LogP contribution in [0.25, 0.3) is 0 Å². The number of allylic oxidation sites excluding steroid dienone is 12. The second-order valence-corrected chi connectivity index (χ2v) is 16.9. The van der Waals surface area contributed by atoms with Gasteiger partial charge in [-0.05, 0) is 64.2 Å². The van der Waals surface area contributed by atoms with Crippen molar-refractivity contribution >= 4 is 5.91 Å². The molecule has 0 aromatic rings. The van der Waals surface area contributed by atoms with Crippen LogP contribution in [0.5, 0.6) is 0 Å². The molecule has 0 fully saturated rings. The quantitative estimate of drug-likeness (QED) is 0.0424. The van der Waals surface area contributed by atoms with Crippen molar-refractivity contribution in [2.45, 2.75) is 257 Å². The van der Waals surface area contributed by atoms with Gasteiger partial charge in [0.1, 0.15) is 0 Å². The van der Waals surface area contributed by atoms with Gasteiger partial charge in [0.2, 0.25) is 5.91 Å². The lowest BCUT2D eigenvalue weighted by atomic mass is 10.0. The minimum absolute atomic E-state index is 0.0352. The van der Waals surface area contributed by atoms with Crippen molar-refractivity contribution in [3.8, 4) is 0 Å². The summed E-state index contributed by atoms with van der Waals surface area (Å²) in [6.07, 6.45) is 70.0. The van der Waals surface area contributed by atoms with Gasteiger partial charge in [0.25, 0.3) is 0 Å². The van der Waals surface area contributed by atoms with E-state index in [1.807, 2.05) is 0 Å². The highest BCUT2D eigenvalue weighted by Gasteiger charge is 2.20. The first-order chi connectivity index (χ1) is 28.7. The van der Waals surface area contributed by atoms with Crippen LogP contribution in [0.3, 0.4) is 0 Å². The topological polar surface area (TPSA) is 69.6 Å². The number of carbonyl (C=O) groups excluding carboxylic acids is 1. The third-order valence-corrected chi connectivity index (χ3v) is 11.2. The minimum Gasteiger partial charge on any atom is -0.394 e. The fourth-order valence-electron chi connectivity index (χ4n) is 7.42. The molecule has 0 heterocycles. The molecule has 0 radical (unpaired) electrons. The van der Waals surface area contributed by atoms with Crippen molar-refractivity contribution < 1.29 is 15.0 Å². The zero-order valence-electron chi connectivity index (χ0n) is 38.5. The number of carbonyl (C=O) groups is 1. The van der Waals surface area contributed by atoms with E-state index in [1.165, 1.54) is 154 Å². The molecule has 58 heavy (non-hydrogen) atoms. The molecule has 0 saturated carbocycles. The monoisotopic (exact) mass is 808 g/mol. The van der Waals surface area contributed by atoms with Crippen LogP contribution in [-0.4, -0.2) is 34.9 Å². The molecule has 0 bridgehead atoms. The predicted octanol–water partition coefficient (Wildman–Crippen LogP) is 16.2. The fraction of sp³-hybridized carbons (Fsp3) is 0.759. The summed E-state index contributed by atoms with van der Waals surface area (Å²) in [4.78, 5) is 12.4. The lowest BCUT2D eigenvalue weighted by Crippen LogP contribution is -2.45. The number of nitrogens with one attached hydrogen (secondary N) is 1. The molecule has 1 amide bonds. The Labute approximate surface area is 361 Å². The summed E-state index contributed by atoms with van der Waals surface area (Å²) in [6, 6.07) is -0.540. The summed E-state index contributed by atoms with van der Waals surface area (Å²) >= 11 is 0. The van der Waals surface area contributed by atoms with Crippen LogP contribution < -0.4 is 5.32 Å². The van der Waals surface area contributed by atoms with Gasteiger partial charge in [-0.1, -0.05) is 247 Å². The SMILES string of the molecule is CC/C=C\C/C=C\C/C=C\C/C=C\C/C=C\C/C=C\CCCCCCCCCCCCCCC(=O)NC(CO)C(O)CCCCCCCCCCCCCCCCC. The van der Waals surface area contributed by atoms with Crippen LogP contribution in [0, 0.1) is 0 Å². The van der Waals surface area contributed by atoms with Crippen molar-refractivity contribution in [2.75, 3.05) is 6.61 Å². The maximum absolute atomic E-state index is 12.4. The minimum atomic E-state index is -0.663. The van der Waals surface area contributed by atoms with E-state index >= 15 is 0 Å². The maximum Gasteiger partial charge on any atom is 0.220 e. The van der Waals surface area contributed by atoms with E-state index in [-0.39, 0.29) is 12.5 Å². The standard InChI is InChI=1S/C54H97NO3/c1-3-5-7-9-11-13-15-17-19-20-21-22-23-24-25-26-27-28-29-30-31-32-33-34-36-38-40-42-44-46-48-50-54(58)55-52(51-56)53(57)49-47-45-43-41-39-37-35-18-16-14-12-10-8-6-4-2/h5,7,11,13,17,19,21-22,24-25,27-28,52-53,56-57H,3-4,6,8-10,12,14-16,18,20,23,26,29-51H2,1-2H3,(H,55,58)/b7-5-,13-11-,19-17-,22-21-,25-24-,28-27-. The molecule has 0 aliphatic rings. The summed E-state index contributed by atoms with van der Waals surface area (Å²) in [7, 11) is 0. The highest BCUT2D eigenvalue weighted by molar-refractivity contribution is 5.76. The Bertz CT molecular complexity index is 1010. The van der Waals surface area contributed by atoms with E-state index in [4.69, 9.17) is 0 Å². The van der Waals surface area contributed by atoms with Gasteiger partial charge in [-0.2, -0.15) is 0 Å². The average molecular weight is 808 g/mol. The molecule has 2 atom stereocenters. The summed E-state index contributed by atoms with van der Waals surface area (Å²) in [5.41, 5.74) is 0. The molecule has 0 spiro atoms. The number of hydrogen-bond donors (Lipinski definition) is 3. The number of aliphatic hydroxyl groups excluding tert-OH is 2. The Morgan fingerprint density at radius 2 is 0.759 bits per heavy atom. The van der Waals surface area contributed by atoms with Crippen LogP contribution in [0.4, 0.5) is 0 Å². The second-order valence-electron chi connectivity index (χ2n) is 16.9. The van der Waals surface area contributed by atoms with E-state index in [0.29, 0.717) is 12.8 Å². The molecule has 3 N–H and O–H groups in total. The Morgan fingerprint density at radius 1 is 0.431 bits per heavy atom. The van der Waals surface area contributed by atoms with Crippen molar-refractivity contribution in [3.05, 3.63) is 72.9 Å². The Kier molecular flexibility index (Phi) is 47.4. The molecule has 0 aromatic carbocycles. The number of rotatable bonds is 45. The number of hydrogen-bond acceptors (Lipinski definition) is 3.